The van der Waals surface area contributed by atoms with Crippen LogP contribution in [0.2, 0.25) is 0 Å². The second-order valence-corrected chi connectivity index (χ2v) is 8.53. The zero-order valence-corrected chi connectivity index (χ0v) is 17.6. The van der Waals surface area contributed by atoms with Crippen LogP contribution in [-0.2, 0) is 20.7 Å². The predicted octanol–water partition coefficient (Wildman–Crippen LogP) is 2.01. The molecule has 0 aliphatic carbocycles. The summed E-state index contributed by atoms with van der Waals surface area (Å²) in [5.41, 5.74) is 2.56. The minimum atomic E-state index is -0.00948. The third-order valence-corrected chi connectivity index (χ3v) is 6.77. The molecule has 1 unspecified atom stereocenters. The molecule has 1 saturated heterocycles. The fourth-order valence-electron chi connectivity index (χ4n) is 4.26. The average Bonchev–Trinajstić information content (AvgIpc) is 3.23. The Bertz CT molecular complexity index is 846. The Morgan fingerprint density at radius 2 is 1.69 bits per heavy atom. The second-order valence-electron chi connectivity index (χ2n) is 7.53. The number of amides is 2. The van der Waals surface area contributed by atoms with E-state index in [9.17, 15) is 9.59 Å². The summed E-state index contributed by atoms with van der Waals surface area (Å²) in [5.74, 6) is 0.133. The Morgan fingerprint density at radius 3 is 2.38 bits per heavy atom. The highest BCUT2D eigenvalue weighted by molar-refractivity contribution is 7.10. The van der Waals surface area contributed by atoms with Crippen molar-refractivity contribution in [2.75, 3.05) is 53.0 Å². The number of methoxy groups -OCH3 is 1. The second kappa shape index (κ2) is 9.07. The first kappa shape index (κ1) is 20.1. The van der Waals surface area contributed by atoms with E-state index in [1.807, 2.05) is 22.3 Å². The standard InChI is InChI=1S/C22H27N3O3S/c1-28-16-21(27)24-12-10-23(11-13-24)20(26)15-25-9-7-19-18(8-14-29-19)22(25)17-5-3-2-4-6-17/h2-6,8,14,22H,7,9-13,15-16H2,1H3. The summed E-state index contributed by atoms with van der Waals surface area (Å²) >= 11 is 1.81. The summed E-state index contributed by atoms with van der Waals surface area (Å²) in [6, 6.07) is 12.8. The average molecular weight is 414 g/mol. The van der Waals surface area contributed by atoms with Gasteiger partial charge in [-0.05, 0) is 29.0 Å². The Labute approximate surface area is 175 Å². The van der Waals surface area contributed by atoms with Crippen LogP contribution in [0.25, 0.3) is 0 Å². The molecule has 0 N–H and O–H groups in total. The molecule has 2 aliphatic rings. The number of fused-ring (bicyclic) bond motifs is 1. The van der Waals surface area contributed by atoms with Gasteiger partial charge in [-0.25, -0.2) is 0 Å². The fourth-order valence-corrected chi connectivity index (χ4v) is 5.16. The number of carbonyl (C=O) groups is 2. The van der Waals surface area contributed by atoms with Crippen molar-refractivity contribution in [2.45, 2.75) is 12.5 Å². The van der Waals surface area contributed by atoms with Gasteiger partial charge in [0.1, 0.15) is 6.61 Å². The maximum atomic E-state index is 13.1. The SMILES string of the molecule is COCC(=O)N1CCN(C(=O)CN2CCc3sccc3C2c2ccccc2)CC1. The van der Waals surface area contributed by atoms with Gasteiger partial charge in [0.05, 0.1) is 12.6 Å². The van der Waals surface area contributed by atoms with E-state index in [0.29, 0.717) is 32.7 Å². The van der Waals surface area contributed by atoms with Crippen molar-refractivity contribution in [2.24, 2.45) is 0 Å². The molecule has 29 heavy (non-hydrogen) atoms. The van der Waals surface area contributed by atoms with Crippen LogP contribution >= 0.6 is 11.3 Å². The molecule has 1 atom stereocenters. The molecule has 3 heterocycles. The zero-order valence-electron chi connectivity index (χ0n) is 16.8. The summed E-state index contributed by atoms with van der Waals surface area (Å²) in [5, 5.41) is 2.15. The van der Waals surface area contributed by atoms with E-state index in [4.69, 9.17) is 4.74 Å². The van der Waals surface area contributed by atoms with Gasteiger partial charge in [-0.2, -0.15) is 0 Å². The van der Waals surface area contributed by atoms with Crippen LogP contribution in [-0.4, -0.2) is 79.5 Å². The highest BCUT2D eigenvalue weighted by Gasteiger charge is 2.32. The number of benzene rings is 1. The maximum Gasteiger partial charge on any atom is 0.248 e. The van der Waals surface area contributed by atoms with Crippen molar-refractivity contribution in [3.05, 3.63) is 57.8 Å². The monoisotopic (exact) mass is 413 g/mol. The Morgan fingerprint density at radius 1 is 1.00 bits per heavy atom. The summed E-state index contributed by atoms with van der Waals surface area (Å²) in [6.07, 6.45) is 0.989. The summed E-state index contributed by atoms with van der Waals surface area (Å²) < 4.78 is 4.93. The third-order valence-electron chi connectivity index (χ3n) is 5.77. The van der Waals surface area contributed by atoms with E-state index in [-0.39, 0.29) is 24.5 Å². The van der Waals surface area contributed by atoms with Gasteiger partial charge in [0.2, 0.25) is 11.8 Å². The molecule has 7 heteroatoms. The van der Waals surface area contributed by atoms with Crippen LogP contribution in [0.3, 0.4) is 0 Å². The molecule has 1 aromatic carbocycles. The largest absolute Gasteiger partial charge is 0.375 e. The first-order chi connectivity index (χ1) is 14.2. The Hall–Kier alpha value is -2.22. The molecule has 0 bridgehead atoms. The van der Waals surface area contributed by atoms with Gasteiger partial charge < -0.3 is 14.5 Å². The quantitative estimate of drug-likeness (QED) is 0.753. The maximum absolute atomic E-state index is 13.1. The number of thiophene rings is 1. The van der Waals surface area contributed by atoms with Crippen molar-refractivity contribution in [3.63, 3.8) is 0 Å². The first-order valence-corrected chi connectivity index (χ1v) is 10.9. The van der Waals surface area contributed by atoms with Gasteiger partial charge in [-0.3, -0.25) is 14.5 Å². The fraction of sp³-hybridized carbons (Fsp3) is 0.455. The van der Waals surface area contributed by atoms with Gasteiger partial charge in [0.15, 0.2) is 0 Å². The molecule has 4 rings (SSSR count). The first-order valence-electron chi connectivity index (χ1n) is 10.1. The lowest BCUT2D eigenvalue weighted by Gasteiger charge is -2.39. The summed E-state index contributed by atoms with van der Waals surface area (Å²) in [6.45, 7) is 3.70. The van der Waals surface area contributed by atoms with E-state index in [1.54, 1.807) is 4.90 Å². The molecule has 0 spiro atoms. The third kappa shape index (κ3) is 4.37. The van der Waals surface area contributed by atoms with E-state index in [0.717, 1.165) is 13.0 Å². The topological polar surface area (TPSA) is 53.1 Å². The summed E-state index contributed by atoms with van der Waals surface area (Å²) in [4.78, 5) is 32.4. The van der Waals surface area contributed by atoms with Crippen molar-refractivity contribution in [3.8, 4) is 0 Å². The number of nitrogens with zero attached hydrogens (tertiary/aromatic N) is 3. The van der Waals surface area contributed by atoms with Crippen LogP contribution in [0, 0.1) is 0 Å². The molecule has 2 aromatic rings. The molecular weight excluding hydrogens is 386 g/mol. The normalized spacial score (nSPS) is 19.8. The Balaban J connectivity index is 1.43. The lowest BCUT2D eigenvalue weighted by atomic mass is 9.93. The zero-order chi connectivity index (χ0) is 20.2. The molecule has 1 fully saturated rings. The number of ether oxygens (including phenoxy) is 1. The minimum Gasteiger partial charge on any atom is -0.375 e. The van der Waals surface area contributed by atoms with Crippen molar-refractivity contribution in [1.82, 2.24) is 14.7 Å². The number of piperazine rings is 1. The van der Waals surface area contributed by atoms with E-state index in [2.05, 4.69) is 40.6 Å². The van der Waals surface area contributed by atoms with Crippen LogP contribution in [0.15, 0.2) is 41.8 Å². The van der Waals surface area contributed by atoms with Gasteiger partial charge in [-0.1, -0.05) is 30.3 Å². The number of rotatable bonds is 5. The smallest absolute Gasteiger partial charge is 0.248 e. The molecule has 2 amide bonds. The van der Waals surface area contributed by atoms with Crippen molar-refractivity contribution >= 4 is 23.2 Å². The lowest BCUT2D eigenvalue weighted by Crippen LogP contribution is -2.53. The molecular formula is C22H27N3O3S. The highest BCUT2D eigenvalue weighted by atomic mass is 32.1. The van der Waals surface area contributed by atoms with Crippen LogP contribution in [0.4, 0.5) is 0 Å². The van der Waals surface area contributed by atoms with Gasteiger partial charge in [-0.15, -0.1) is 11.3 Å². The molecule has 0 saturated carbocycles. The van der Waals surface area contributed by atoms with E-state index < -0.39 is 0 Å². The lowest BCUT2D eigenvalue weighted by molar-refractivity contribution is -0.142. The number of hydrogen-bond donors (Lipinski definition) is 0. The summed E-state index contributed by atoms with van der Waals surface area (Å²) in [7, 11) is 1.53. The van der Waals surface area contributed by atoms with Crippen LogP contribution in [0.1, 0.15) is 22.0 Å². The Kier molecular flexibility index (Phi) is 6.28. The predicted molar refractivity (Wildman–Crippen MR) is 113 cm³/mol. The minimum absolute atomic E-state index is 0.00948. The molecule has 0 radical (unpaired) electrons. The number of carbonyl (C=O) groups excluding carboxylic acids is 2. The van der Waals surface area contributed by atoms with E-state index in [1.165, 1.54) is 23.1 Å². The van der Waals surface area contributed by atoms with E-state index >= 15 is 0 Å². The van der Waals surface area contributed by atoms with Crippen LogP contribution in [0.5, 0.6) is 0 Å². The number of hydrogen-bond acceptors (Lipinski definition) is 5. The van der Waals surface area contributed by atoms with Crippen LogP contribution < -0.4 is 0 Å². The highest BCUT2D eigenvalue weighted by Crippen LogP contribution is 2.37. The molecule has 154 valence electrons. The van der Waals surface area contributed by atoms with Gasteiger partial charge in [0.25, 0.3) is 0 Å². The van der Waals surface area contributed by atoms with Crippen molar-refractivity contribution in [1.29, 1.82) is 0 Å². The van der Waals surface area contributed by atoms with Crippen molar-refractivity contribution < 1.29 is 14.3 Å². The molecule has 6 nitrogen and oxygen atoms in total. The van der Waals surface area contributed by atoms with Gasteiger partial charge in [0, 0.05) is 44.7 Å². The molecule has 1 aromatic heterocycles. The molecule has 2 aliphatic heterocycles. The van der Waals surface area contributed by atoms with Gasteiger partial charge >= 0.3 is 0 Å².